The Labute approximate surface area is 189 Å². The third kappa shape index (κ3) is 7.05. The maximum atomic E-state index is 12.8. The fraction of sp³-hybridized carbons (Fsp3) is 0.364. The minimum absolute atomic E-state index is 0.144. The van der Waals surface area contributed by atoms with Crippen LogP contribution in [-0.4, -0.2) is 31.1 Å². The van der Waals surface area contributed by atoms with E-state index in [1.54, 1.807) is 38.1 Å². The van der Waals surface area contributed by atoms with Crippen LogP contribution in [0.25, 0.3) is 0 Å². The van der Waals surface area contributed by atoms with Gasteiger partial charge < -0.3 is 20.1 Å². The van der Waals surface area contributed by atoms with E-state index in [1.807, 2.05) is 6.92 Å². The normalized spacial score (nSPS) is 12.2. The van der Waals surface area contributed by atoms with Gasteiger partial charge in [-0.1, -0.05) is 37.6 Å². The molecule has 0 aliphatic heterocycles. The van der Waals surface area contributed by atoms with E-state index in [0.717, 1.165) is 18.2 Å². The number of rotatable bonds is 9. The molecule has 32 heavy (non-hydrogen) atoms. The zero-order valence-corrected chi connectivity index (χ0v) is 18.5. The van der Waals surface area contributed by atoms with Crippen LogP contribution < -0.4 is 15.4 Å². The third-order valence-corrected chi connectivity index (χ3v) is 4.65. The maximum absolute atomic E-state index is 12.8. The Hall–Kier alpha value is -2.94. The number of nitrogens with one attached hydrogen (secondary N) is 2. The number of carbonyl (C=O) groups excluding carboxylic acids is 2. The second-order valence-corrected chi connectivity index (χ2v) is 7.55. The number of ether oxygens (including phenoxy) is 2. The molecule has 0 aromatic heterocycles. The van der Waals surface area contributed by atoms with Crippen molar-refractivity contribution < 1.29 is 32.2 Å². The van der Waals surface area contributed by atoms with Gasteiger partial charge in [-0.3, -0.25) is 4.79 Å². The van der Waals surface area contributed by atoms with Crippen molar-refractivity contribution in [3.8, 4) is 5.75 Å². The molecule has 0 bridgehead atoms. The van der Waals surface area contributed by atoms with E-state index < -0.39 is 36.3 Å². The molecule has 2 N–H and O–H groups in total. The first-order valence-corrected chi connectivity index (χ1v) is 10.2. The fourth-order valence-electron chi connectivity index (χ4n) is 2.74. The van der Waals surface area contributed by atoms with Crippen LogP contribution >= 0.6 is 11.6 Å². The van der Waals surface area contributed by atoms with Crippen molar-refractivity contribution in [1.82, 2.24) is 0 Å². The SMILES string of the molecule is CCOc1ccccc1NC(=O)COC(=O)[C@H](Nc1ccc(C(F)(F)F)cc1Cl)C(C)C. The lowest BCUT2D eigenvalue weighted by Crippen LogP contribution is -2.37. The number of para-hydroxylation sites is 2. The number of benzene rings is 2. The smallest absolute Gasteiger partial charge is 0.416 e. The highest BCUT2D eigenvalue weighted by molar-refractivity contribution is 6.33. The summed E-state index contributed by atoms with van der Waals surface area (Å²) in [5.74, 6) is -1.14. The molecule has 0 spiro atoms. The molecule has 0 aliphatic carbocycles. The minimum Gasteiger partial charge on any atom is -0.492 e. The van der Waals surface area contributed by atoms with E-state index in [4.69, 9.17) is 21.1 Å². The van der Waals surface area contributed by atoms with Crippen molar-refractivity contribution in [2.75, 3.05) is 23.8 Å². The molecule has 6 nitrogen and oxygen atoms in total. The van der Waals surface area contributed by atoms with Crippen LogP contribution in [0.2, 0.25) is 5.02 Å². The number of halogens is 4. The highest BCUT2D eigenvalue weighted by atomic mass is 35.5. The van der Waals surface area contributed by atoms with Gasteiger partial charge in [-0.2, -0.15) is 13.2 Å². The van der Waals surface area contributed by atoms with Gasteiger partial charge in [-0.25, -0.2) is 4.79 Å². The van der Waals surface area contributed by atoms with Crippen LogP contribution in [0.5, 0.6) is 5.75 Å². The van der Waals surface area contributed by atoms with Crippen molar-refractivity contribution in [2.24, 2.45) is 5.92 Å². The molecular weight excluding hydrogens is 449 g/mol. The van der Waals surface area contributed by atoms with Crippen molar-refractivity contribution >= 4 is 34.9 Å². The molecule has 2 aromatic rings. The average Bonchev–Trinajstić information content (AvgIpc) is 2.71. The first-order valence-electron chi connectivity index (χ1n) is 9.84. The molecule has 0 heterocycles. The number of hydrogen-bond acceptors (Lipinski definition) is 5. The molecule has 2 aromatic carbocycles. The van der Waals surface area contributed by atoms with Crippen molar-refractivity contribution in [1.29, 1.82) is 0 Å². The molecule has 10 heteroatoms. The van der Waals surface area contributed by atoms with Crippen LogP contribution in [-0.2, 0) is 20.5 Å². The summed E-state index contributed by atoms with van der Waals surface area (Å²) in [6.45, 7) is 5.11. The predicted octanol–water partition coefficient (Wildman–Crippen LogP) is 5.38. The molecule has 0 saturated heterocycles. The largest absolute Gasteiger partial charge is 0.492 e. The second kappa shape index (κ2) is 11.1. The predicted molar refractivity (Wildman–Crippen MR) is 116 cm³/mol. The number of esters is 1. The van der Waals surface area contributed by atoms with E-state index in [1.165, 1.54) is 0 Å². The number of hydrogen-bond donors (Lipinski definition) is 2. The van der Waals surface area contributed by atoms with Gasteiger partial charge in [0.1, 0.15) is 11.8 Å². The summed E-state index contributed by atoms with van der Waals surface area (Å²) in [5.41, 5.74) is -0.323. The Bertz CT molecular complexity index is 951. The molecule has 0 aliphatic rings. The first kappa shape index (κ1) is 25.3. The molecule has 0 unspecified atom stereocenters. The Balaban J connectivity index is 2.01. The van der Waals surface area contributed by atoms with Gasteiger partial charge in [0.2, 0.25) is 0 Å². The summed E-state index contributed by atoms with van der Waals surface area (Å²) in [7, 11) is 0. The van der Waals surface area contributed by atoms with E-state index >= 15 is 0 Å². The summed E-state index contributed by atoms with van der Waals surface area (Å²) in [6, 6.07) is 8.66. The van der Waals surface area contributed by atoms with Gasteiger partial charge in [0.25, 0.3) is 5.91 Å². The van der Waals surface area contributed by atoms with Gasteiger partial charge in [-0.15, -0.1) is 0 Å². The molecule has 0 fully saturated rings. The first-order chi connectivity index (χ1) is 15.0. The van der Waals surface area contributed by atoms with Crippen LogP contribution in [0.15, 0.2) is 42.5 Å². The van der Waals surface area contributed by atoms with Gasteiger partial charge in [0.15, 0.2) is 6.61 Å². The number of alkyl halides is 3. The maximum Gasteiger partial charge on any atom is 0.416 e. The van der Waals surface area contributed by atoms with Crippen molar-refractivity contribution in [3.63, 3.8) is 0 Å². The molecule has 1 amide bonds. The number of amides is 1. The molecule has 174 valence electrons. The van der Waals surface area contributed by atoms with E-state index in [0.29, 0.717) is 18.0 Å². The number of anilines is 2. The highest BCUT2D eigenvalue weighted by Crippen LogP contribution is 2.34. The monoisotopic (exact) mass is 472 g/mol. The summed E-state index contributed by atoms with van der Waals surface area (Å²) in [4.78, 5) is 24.8. The Kier molecular flexibility index (Phi) is 8.77. The van der Waals surface area contributed by atoms with Crippen LogP contribution in [0.3, 0.4) is 0 Å². The molecule has 0 saturated carbocycles. The molecule has 0 radical (unpaired) electrons. The zero-order valence-electron chi connectivity index (χ0n) is 17.8. The Morgan fingerprint density at radius 3 is 2.38 bits per heavy atom. The van der Waals surface area contributed by atoms with Gasteiger partial charge in [0, 0.05) is 0 Å². The minimum atomic E-state index is -4.54. The lowest BCUT2D eigenvalue weighted by molar-refractivity contribution is -0.149. The zero-order chi connectivity index (χ0) is 23.9. The third-order valence-electron chi connectivity index (χ3n) is 4.33. The summed E-state index contributed by atoms with van der Waals surface area (Å²) < 4.78 is 49.0. The number of carbonyl (C=O) groups is 2. The topological polar surface area (TPSA) is 76.7 Å². The lowest BCUT2D eigenvalue weighted by atomic mass is 10.0. The van der Waals surface area contributed by atoms with Gasteiger partial charge >= 0.3 is 12.1 Å². The fourth-order valence-corrected chi connectivity index (χ4v) is 2.97. The summed E-state index contributed by atoms with van der Waals surface area (Å²) >= 11 is 5.96. The van der Waals surface area contributed by atoms with E-state index in [2.05, 4.69) is 10.6 Å². The lowest BCUT2D eigenvalue weighted by Gasteiger charge is -2.23. The van der Waals surface area contributed by atoms with Crippen molar-refractivity contribution in [2.45, 2.75) is 33.0 Å². The highest BCUT2D eigenvalue weighted by Gasteiger charge is 2.31. The van der Waals surface area contributed by atoms with Crippen molar-refractivity contribution in [3.05, 3.63) is 53.1 Å². The van der Waals surface area contributed by atoms with Crippen LogP contribution in [0.1, 0.15) is 26.3 Å². The molecule has 1 atom stereocenters. The van der Waals surface area contributed by atoms with Gasteiger partial charge in [-0.05, 0) is 43.2 Å². The average molecular weight is 473 g/mol. The molecule has 2 rings (SSSR count). The Morgan fingerprint density at radius 1 is 1.09 bits per heavy atom. The van der Waals surface area contributed by atoms with Gasteiger partial charge in [0.05, 0.1) is 28.6 Å². The second-order valence-electron chi connectivity index (χ2n) is 7.14. The summed E-state index contributed by atoms with van der Waals surface area (Å²) in [5, 5.41) is 5.22. The Morgan fingerprint density at radius 2 is 1.78 bits per heavy atom. The molecular formula is C22H24ClF3N2O4. The summed E-state index contributed by atoms with van der Waals surface area (Å²) in [6.07, 6.45) is -4.54. The van der Waals surface area contributed by atoms with E-state index in [-0.39, 0.29) is 16.6 Å². The van der Waals surface area contributed by atoms with E-state index in [9.17, 15) is 22.8 Å². The quantitative estimate of drug-likeness (QED) is 0.479. The standard InChI is InChI=1S/C22H24ClF3N2O4/c1-4-31-18-8-6-5-7-17(18)27-19(29)12-32-21(30)20(13(2)3)28-16-10-9-14(11-15(16)23)22(24,25)26/h5-11,13,20,28H,4,12H2,1-3H3,(H,27,29)/t20-/m1/s1. The van der Waals surface area contributed by atoms with Crippen LogP contribution in [0.4, 0.5) is 24.5 Å². The van der Waals surface area contributed by atoms with Crippen LogP contribution in [0, 0.1) is 5.92 Å².